The first kappa shape index (κ1) is 23.4. The molecule has 0 aromatic carbocycles. The highest BCUT2D eigenvalue weighted by molar-refractivity contribution is 6.05. The molecule has 1 aliphatic heterocycles. The molecule has 0 fully saturated rings. The van der Waals surface area contributed by atoms with E-state index in [1.165, 1.54) is 0 Å². The molecular formula is C21H28FN3O5. The number of carboxylic acids is 1. The minimum atomic E-state index is -1.48. The molecule has 1 unspecified atom stereocenters. The highest BCUT2D eigenvalue weighted by Crippen LogP contribution is 2.34. The second-order valence-electron chi connectivity index (χ2n) is 8.75. The van der Waals surface area contributed by atoms with Crippen LogP contribution in [0.1, 0.15) is 58.7 Å². The molecule has 9 heteroatoms. The zero-order valence-electron chi connectivity index (χ0n) is 17.9. The van der Waals surface area contributed by atoms with Gasteiger partial charge in [-0.1, -0.05) is 39.8 Å². The van der Waals surface area contributed by atoms with Crippen LogP contribution in [0.5, 0.6) is 0 Å². The van der Waals surface area contributed by atoms with Crippen LogP contribution in [-0.4, -0.2) is 51.8 Å². The van der Waals surface area contributed by atoms with Crippen molar-refractivity contribution < 1.29 is 28.7 Å². The topological polar surface area (TPSA) is 118 Å². The summed E-state index contributed by atoms with van der Waals surface area (Å²) in [5.74, 6) is -3.41. The van der Waals surface area contributed by atoms with E-state index in [0.29, 0.717) is 11.4 Å². The van der Waals surface area contributed by atoms with E-state index in [4.69, 9.17) is 9.94 Å². The number of rotatable bonds is 8. The zero-order chi connectivity index (χ0) is 22.7. The SMILES string of the molecule is CC(C)[C@]1(C(=O)NC(CC(=O)O)C(=O)CF)CC(c2cc(C(C)(C)C)ccn2)=NO1. The van der Waals surface area contributed by atoms with E-state index in [-0.39, 0.29) is 17.8 Å². The molecule has 1 amide bonds. The Morgan fingerprint density at radius 1 is 1.33 bits per heavy atom. The van der Waals surface area contributed by atoms with Gasteiger partial charge in [0.1, 0.15) is 18.4 Å². The fraction of sp³-hybridized carbons (Fsp3) is 0.571. The number of carboxylic acid groups (broad SMARTS) is 1. The van der Waals surface area contributed by atoms with Crippen molar-refractivity contribution in [1.29, 1.82) is 0 Å². The van der Waals surface area contributed by atoms with E-state index in [0.717, 1.165) is 5.56 Å². The molecule has 2 atom stereocenters. The molecule has 2 heterocycles. The van der Waals surface area contributed by atoms with Crippen LogP contribution in [0.4, 0.5) is 4.39 Å². The first-order chi connectivity index (χ1) is 13.9. The largest absolute Gasteiger partial charge is 0.481 e. The van der Waals surface area contributed by atoms with Crippen molar-refractivity contribution in [2.24, 2.45) is 11.1 Å². The number of aliphatic carboxylic acids is 1. The second-order valence-corrected chi connectivity index (χ2v) is 8.75. The minimum absolute atomic E-state index is 0.0840. The molecule has 1 aromatic heterocycles. The highest BCUT2D eigenvalue weighted by atomic mass is 19.1. The summed E-state index contributed by atoms with van der Waals surface area (Å²) in [7, 11) is 0. The number of carbonyl (C=O) groups is 3. The van der Waals surface area contributed by atoms with Gasteiger partial charge in [-0.05, 0) is 23.1 Å². The predicted molar refractivity (Wildman–Crippen MR) is 108 cm³/mol. The van der Waals surface area contributed by atoms with E-state index in [2.05, 4.69) is 36.2 Å². The maximum Gasteiger partial charge on any atom is 0.305 e. The quantitative estimate of drug-likeness (QED) is 0.665. The van der Waals surface area contributed by atoms with Crippen LogP contribution in [0.15, 0.2) is 23.5 Å². The van der Waals surface area contributed by atoms with Gasteiger partial charge >= 0.3 is 5.97 Å². The summed E-state index contributed by atoms with van der Waals surface area (Å²) < 4.78 is 12.8. The van der Waals surface area contributed by atoms with Crippen molar-refractivity contribution in [3.8, 4) is 0 Å². The number of hydrogen-bond acceptors (Lipinski definition) is 6. The number of amides is 1. The third-order valence-corrected chi connectivity index (χ3v) is 5.19. The van der Waals surface area contributed by atoms with Crippen molar-refractivity contribution in [2.45, 2.75) is 64.5 Å². The van der Waals surface area contributed by atoms with Crippen LogP contribution in [0.25, 0.3) is 0 Å². The molecule has 1 aromatic rings. The van der Waals surface area contributed by atoms with Gasteiger partial charge in [0.15, 0.2) is 5.78 Å². The lowest BCUT2D eigenvalue weighted by Gasteiger charge is -2.30. The molecule has 0 saturated heterocycles. The molecule has 0 bridgehead atoms. The summed E-state index contributed by atoms with van der Waals surface area (Å²) in [5, 5.41) is 15.4. The third-order valence-electron chi connectivity index (χ3n) is 5.19. The lowest BCUT2D eigenvalue weighted by molar-refractivity contribution is -0.152. The Hall–Kier alpha value is -2.84. The van der Waals surface area contributed by atoms with E-state index in [1.807, 2.05) is 12.1 Å². The molecule has 30 heavy (non-hydrogen) atoms. The summed E-state index contributed by atoms with van der Waals surface area (Å²) in [5.41, 5.74) is 0.510. The summed E-state index contributed by atoms with van der Waals surface area (Å²) in [6, 6.07) is 2.31. The fourth-order valence-corrected chi connectivity index (χ4v) is 3.13. The van der Waals surface area contributed by atoms with Crippen molar-refractivity contribution in [1.82, 2.24) is 10.3 Å². The lowest BCUT2D eigenvalue weighted by Crippen LogP contribution is -2.55. The Bertz CT molecular complexity index is 862. The Morgan fingerprint density at radius 2 is 2.00 bits per heavy atom. The number of halogens is 1. The maximum atomic E-state index is 13.0. The Balaban J connectivity index is 2.27. The van der Waals surface area contributed by atoms with Gasteiger partial charge in [0.2, 0.25) is 5.60 Å². The number of aromatic nitrogens is 1. The van der Waals surface area contributed by atoms with Gasteiger partial charge in [-0.15, -0.1) is 0 Å². The molecule has 2 rings (SSSR count). The summed E-state index contributed by atoms with van der Waals surface area (Å²) in [6.07, 6.45) is 1.03. The van der Waals surface area contributed by atoms with Crippen LogP contribution < -0.4 is 5.32 Å². The molecule has 2 N–H and O–H groups in total. The number of nitrogens with zero attached hydrogens (tertiary/aromatic N) is 2. The number of Topliss-reactive ketones (excluding diaryl/α,β-unsaturated/α-hetero) is 1. The van der Waals surface area contributed by atoms with Crippen LogP contribution in [0, 0.1) is 5.92 Å². The number of nitrogens with one attached hydrogen (secondary N) is 1. The molecule has 1 aliphatic rings. The summed E-state index contributed by atoms with van der Waals surface area (Å²) in [4.78, 5) is 45.7. The Morgan fingerprint density at radius 3 is 2.53 bits per heavy atom. The maximum absolute atomic E-state index is 13.0. The smallest absolute Gasteiger partial charge is 0.305 e. The fourth-order valence-electron chi connectivity index (χ4n) is 3.13. The average Bonchev–Trinajstić information content (AvgIpc) is 3.13. The van der Waals surface area contributed by atoms with Gasteiger partial charge in [0.25, 0.3) is 5.91 Å². The van der Waals surface area contributed by atoms with Gasteiger partial charge in [-0.2, -0.15) is 0 Å². The van der Waals surface area contributed by atoms with Gasteiger partial charge in [0, 0.05) is 18.5 Å². The number of oxime groups is 1. The number of ketones is 1. The zero-order valence-corrected chi connectivity index (χ0v) is 17.9. The van der Waals surface area contributed by atoms with E-state index in [1.54, 1.807) is 20.0 Å². The second kappa shape index (κ2) is 8.89. The molecule has 0 spiro atoms. The van der Waals surface area contributed by atoms with E-state index < -0.39 is 42.4 Å². The number of alkyl halides is 1. The van der Waals surface area contributed by atoms with E-state index >= 15 is 0 Å². The Labute approximate surface area is 174 Å². The summed E-state index contributed by atoms with van der Waals surface area (Å²) >= 11 is 0. The third kappa shape index (κ3) is 5.01. The van der Waals surface area contributed by atoms with Crippen LogP contribution in [0.3, 0.4) is 0 Å². The van der Waals surface area contributed by atoms with Crippen molar-refractivity contribution in [2.75, 3.05) is 6.67 Å². The summed E-state index contributed by atoms with van der Waals surface area (Å²) in [6.45, 7) is 8.32. The van der Waals surface area contributed by atoms with Crippen molar-refractivity contribution in [3.63, 3.8) is 0 Å². The standard InChI is InChI=1S/C21H28FN3O5/c1-12(2)21(19(29)24-15(9-18(27)28)17(26)11-22)10-16(25-30-21)14-8-13(6-7-23-14)20(3,4)5/h6-8,12,15H,9-11H2,1-5H3,(H,24,29)(H,27,28)/t15?,21-/m0/s1. The van der Waals surface area contributed by atoms with Crippen LogP contribution in [0.2, 0.25) is 0 Å². The first-order valence-electron chi connectivity index (χ1n) is 9.74. The normalized spacial score (nSPS) is 19.8. The molecule has 164 valence electrons. The van der Waals surface area contributed by atoms with Crippen molar-refractivity contribution in [3.05, 3.63) is 29.6 Å². The molecular weight excluding hydrogens is 393 g/mol. The van der Waals surface area contributed by atoms with Crippen LogP contribution >= 0.6 is 0 Å². The monoisotopic (exact) mass is 421 g/mol. The molecule has 0 aliphatic carbocycles. The molecule has 0 saturated carbocycles. The van der Waals surface area contributed by atoms with Gasteiger partial charge in [0.05, 0.1) is 12.1 Å². The molecule has 0 radical (unpaired) electrons. The predicted octanol–water partition coefficient (Wildman–Crippen LogP) is 2.40. The average molecular weight is 421 g/mol. The number of hydrogen-bond donors (Lipinski definition) is 2. The number of carbonyl (C=O) groups excluding carboxylic acids is 2. The minimum Gasteiger partial charge on any atom is -0.481 e. The Kier molecular flexibility index (Phi) is 6.95. The van der Waals surface area contributed by atoms with Gasteiger partial charge in [-0.3, -0.25) is 19.4 Å². The highest BCUT2D eigenvalue weighted by Gasteiger charge is 2.50. The van der Waals surface area contributed by atoms with Crippen LogP contribution in [-0.2, 0) is 24.6 Å². The lowest BCUT2D eigenvalue weighted by atomic mass is 9.83. The molecule has 8 nitrogen and oxygen atoms in total. The first-order valence-corrected chi connectivity index (χ1v) is 9.74. The van der Waals surface area contributed by atoms with E-state index in [9.17, 15) is 18.8 Å². The van der Waals surface area contributed by atoms with Crippen molar-refractivity contribution >= 4 is 23.4 Å². The number of pyridine rings is 1. The van der Waals surface area contributed by atoms with Gasteiger partial charge < -0.3 is 15.3 Å². The van der Waals surface area contributed by atoms with Gasteiger partial charge in [-0.25, -0.2) is 4.39 Å².